The lowest BCUT2D eigenvalue weighted by Gasteiger charge is -2.26. The quantitative estimate of drug-likeness (QED) is 0.767. The average molecular weight is 393 g/mol. The van der Waals surface area contributed by atoms with E-state index < -0.39 is 15.9 Å². The Morgan fingerprint density at radius 3 is 2.56 bits per heavy atom. The predicted molar refractivity (Wildman–Crippen MR) is 98.6 cm³/mol. The second-order valence-corrected chi connectivity index (χ2v) is 8.04. The summed E-state index contributed by atoms with van der Waals surface area (Å²) in [5.41, 5.74) is 0.914. The van der Waals surface area contributed by atoms with E-state index in [1.165, 1.54) is 4.31 Å². The minimum absolute atomic E-state index is 0.0756. The van der Waals surface area contributed by atoms with Crippen LogP contribution in [0.15, 0.2) is 29.2 Å². The summed E-state index contributed by atoms with van der Waals surface area (Å²) in [4.78, 5) is 13.1. The molecule has 8 nitrogen and oxygen atoms in total. The monoisotopic (exact) mass is 393 g/mol. The highest BCUT2D eigenvalue weighted by atomic mass is 32.2. The van der Waals surface area contributed by atoms with Crippen molar-refractivity contribution in [1.82, 2.24) is 14.1 Å². The van der Waals surface area contributed by atoms with Crippen molar-refractivity contribution in [3.05, 3.63) is 41.2 Å². The van der Waals surface area contributed by atoms with Crippen molar-refractivity contribution in [2.45, 2.75) is 25.7 Å². The number of aromatic nitrogens is 2. The first kappa shape index (κ1) is 19.5. The largest absolute Gasteiger partial charge is 0.493 e. The summed E-state index contributed by atoms with van der Waals surface area (Å²) in [6.07, 6.45) is 0. The van der Waals surface area contributed by atoms with Crippen LogP contribution < -0.4 is 4.74 Å². The summed E-state index contributed by atoms with van der Waals surface area (Å²) in [6.45, 7) is 6.71. The van der Waals surface area contributed by atoms with Gasteiger partial charge in [0, 0.05) is 13.1 Å². The lowest BCUT2D eigenvalue weighted by molar-refractivity contribution is 0.0730. The Balaban J connectivity index is 2.03. The van der Waals surface area contributed by atoms with E-state index in [1.807, 2.05) is 6.92 Å². The number of rotatable bonds is 5. The number of hydrogen-bond donors (Lipinski definition) is 0. The van der Waals surface area contributed by atoms with Crippen LogP contribution in [0.25, 0.3) is 0 Å². The van der Waals surface area contributed by atoms with Gasteiger partial charge in [-0.3, -0.25) is 4.79 Å². The lowest BCUT2D eigenvalue weighted by Crippen LogP contribution is -2.41. The smallest absolute Gasteiger partial charge is 0.282 e. The third kappa shape index (κ3) is 3.62. The van der Waals surface area contributed by atoms with Gasteiger partial charge in [0.1, 0.15) is 10.6 Å². The van der Waals surface area contributed by atoms with Crippen molar-refractivity contribution in [2.24, 2.45) is 0 Å². The molecule has 0 spiro atoms. The number of morpholine rings is 1. The van der Waals surface area contributed by atoms with Gasteiger partial charge in [0.05, 0.1) is 36.8 Å². The Labute approximate surface area is 158 Å². The molecule has 1 aromatic heterocycles. The lowest BCUT2D eigenvalue weighted by atomic mass is 10.2. The van der Waals surface area contributed by atoms with Crippen molar-refractivity contribution in [1.29, 1.82) is 0 Å². The van der Waals surface area contributed by atoms with E-state index in [0.29, 0.717) is 36.8 Å². The van der Waals surface area contributed by atoms with E-state index in [4.69, 9.17) is 9.47 Å². The third-order valence-corrected chi connectivity index (χ3v) is 6.55. The number of ether oxygens (including phenoxy) is 2. The first-order valence-electron chi connectivity index (χ1n) is 8.78. The summed E-state index contributed by atoms with van der Waals surface area (Å²) >= 11 is 0. The second-order valence-electron chi connectivity index (χ2n) is 6.16. The fourth-order valence-corrected chi connectivity index (χ4v) is 4.92. The van der Waals surface area contributed by atoms with Gasteiger partial charge in [-0.2, -0.15) is 14.1 Å². The Morgan fingerprint density at radius 2 is 1.89 bits per heavy atom. The van der Waals surface area contributed by atoms with Crippen molar-refractivity contribution in [2.75, 3.05) is 32.9 Å². The molecule has 1 aliphatic rings. The van der Waals surface area contributed by atoms with Crippen molar-refractivity contribution in [3.63, 3.8) is 0 Å². The predicted octanol–water partition coefficient (Wildman–Crippen LogP) is 1.61. The Morgan fingerprint density at radius 1 is 1.22 bits per heavy atom. The Kier molecular flexibility index (Phi) is 5.64. The molecule has 9 heteroatoms. The number of benzene rings is 1. The fraction of sp³-hybridized carbons (Fsp3) is 0.444. The molecule has 0 saturated carbocycles. The standard InChI is InChI=1S/C18H23N3O5S/c1-4-26-16-8-6-5-7-15(16)18(22)21-14(3)17(13(2)19-21)27(23,24)20-9-11-25-12-10-20/h5-8H,4,9-12H2,1-3H3. The summed E-state index contributed by atoms with van der Waals surface area (Å²) in [5, 5.41) is 4.22. The summed E-state index contributed by atoms with van der Waals surface area (Å²) < 4.78 is 39.4. The molecule has 2 aromatic rings. The second kappa shape index (κ2) is 7.79. The zero-order valence-electron chi connectivity index (χ0n) is 15.6. The zero-order valence-corrected chi connectivity index (χ0v) is 16.5. The first-order valence-corrected chi connectivity index (χ1v) is 10.2. The molecule has 146 valence electrons. The van der Waals surface area contributed by atoms with E-state index in [0.717, 1.165) is 4.68 Å². The average Bonchev–Trinajstić information content (AvgIpc) is 2.97. The van der Waals surface area contributed by atoms with Gasteiger partial charge in [0.2, 0.25) is 10.0 Å². The molecular formula is C18H23N3O5S. The van der Waals surface area contributed by atoms with Gasteiger partial charge in [-0.05, 0) is 32.9 Å². The molecule has 3 rings (SSSR count). The molecule has 0 unspecified atom stereocenters. The highest BCUT2D eigenvalue weighted by molar-refractivity contribution is 7.89. The highest BCUT2D eigenvalue weighted by Gasteiger charge is 2.33. The van der Waals surface area contributed by atoms with Gasteiger partial charge in [0.25, 0.3) is 5.91 Å². The molecule has 0 bridgehead atoms. The van der Waals surface area contributed by atoms with Crippen LogP contribution >= 0.6 is 0 Å². The van der Waals surface area contributed by atoms with Crippen LogP contribution in [0.2, 0.25) is 0 Å². The Hall–Kier alpha value is -2.23. The van der Waals surface area contributed by atoms with Crippen LogP contribution in [0.5, 0.6) is 5.75 Å². The number of para-hydroxylation sites is 1. The number of aryl methyl sites for hydroxylation is 1. The van der Waals surface area contributed by atoms with Crippen LogP contribution in [-0.2, 0) is 14.8 Å². The molecule has 0 atom stereocenters. The van der Waals surface area contributed by atoms with E-state index in [2.05, 4.69) is 5.10 Å². The van der Waals surface area contributed by atoms with Gasteiger partial charge in [0.15, 0.2) is 0 Å². The zero-order chi connectivity index (χ0) is 19.6. The minimum atomic E-state index is -3.75. The Bertz CT molecular complexity index is 946. The summed E-state index contributed by atoms with van der Waals surface area (Å²) in [6, 6.07) is 6.85. The van der Waals surface area contributed by atoms with E-state index in [9.17, 15) is 13.2 Å². The molecule has 1 fully saturated rings. The van der Waals surface area contributed by atoms with E-state index in [1.54, 1.807) is 38.1 Å². The molecular weight excluding hydrogens is 370 g/mol. The van der Waals surface area contributed by atoms with Gasteiger partial charge < -0.3 is 9.47 Å². The topological polar surface area (TPSA) is 90.7 Å². The van der Waals surface area contributed by atoms with E-state index >= 15 is 0 Å². The third-order valence-electron chi connectivity index (χ3n) is 4.40. The number of carbonyl (C=O) groups excluding carboxylic acids is 1. The first-order chi connectivity index (χ1) is 12.9. The molecule has 1 aliphatic heterocycles. The summed E-state index contributed by atoms with van der Waals surface area (Å²) in [5.74, 6) is 0.0122. The van der Waals surface area contributed by atoms with E-state index in [-0.39, 0.29) is 23.7 Å². The number of carbonyl (C=O) groups is 1. The number of nitrogens with zero attached hydrogens (tertiary/aromatic N) is 3. The van der Waals surface area contributed by atoms with Crippen molar-refractivity contribution < 1.29 is 22.7 Å². The molecule has 0 radical (unpaired) electrons. The van der Waals surface area contributed by atoms with Crippen LogP contribution in [0.3, 0.4) is 0 Å². The summed E-state index contributed by atoms with van der Waals surface area (Å²) in [7, 11) is -3.75. The van der Waals surface area contributed by atoms with Gasteiger partial charge in [-0.15, -0.1) is 0 Å². The molecule has 2 heterocycles. The van der Waals surface area contributed by atoms with Gasteiger partial charge in [-0.1, -0.05) is 12.1 Å². The number of sulfonamides is 1. The molecule has 0 N–H and O–H groups in total. The van der Waals surface area contributed by atoms with Gasteiger partial charge in [-0.25, -0.2) is 8.42 Å². The SMILES string of the molecule is CCOc1ccccc1C(=O)n1nc(C)c(S(=O)(=O)N2CCOCC2)c1C. The number of hydrogen-bond acceptors (Lipinski definition) is 6. The van der Waals surface area contributed by atoms with Crippen molar-refractivity contribution >= 4 is 15.9 Å². The fourth-order valence-electron chi connectivity index (χ4n) is 3.15. The molecule has 0 aliphatic carbocycles. The molecule has 1 aromatic carbocycles. The normalized spacial score (nSPS) is 15.7. The maximum Gasteiger partial charge on any atom is 0.282 e. The highest BCUT2D eigenvalue weighted by Crippen LogP contribution is 2.26. The van der Waals surface area contributed by atoms with Crippen molar-refractivity contribution in [3.8, 4) is 5.75 Å². The minimum Gasteiger partial charge on any atom is -0.493 e. The van der Waals surface area contributed by atoms with Crippen LogP contribution in [0.4, 0.5) is 0 Å². The van der Waals surface area contributed by atoms with Gasteiger partial charge >= 0.3 is 0 Å². The van der Waals surface area contributed by atoms with Crippen LogP contribution in [-0.4, -0.2) is 61.3 Å². The van der Waals surface area contributed by atoms with Crippen LogP contribution in [0.1, 0.15) is 28.7 Å². The maximum atomic E-state index is 13.1. The maximum absolute atomic E-state index is 13.1. The molecule has 1 saturated heterocycles. The molecule has 0 amide bonds. The van der Waals surface area contributed by atoms with Crippen LogP contribution in [0, 0.1) is 13.8 Å². The molecule has 27 heavy (non-hydrogen) atoms.